The van der Waals surface area contributed by atoms with E-state index in [2.05, 4.69) is 20.5 Å². The fourth-order valence-corrected chi connectivity index (χ4v) is 3.55. The van der Waals surface area contributed by atoms with Crippen LogP contribution in [-0.2, 0) is 22.6 Å². The van der Waals surface area contributed by atoms with Crippen molar-refractivity contribution >= 4 is 17.6 Å². The molecule has 2 aromatic rings. The second kappa shape index (κ2) is 10.3. The van der Waals surface area contributed by atoms with Crippen LogP contribution in [0.2, 0.25) is 0 Å². The van der Waals surface area contributed by atoms with Crippen molar-refractivity contribution in [2.45, 2.75) is 44.8 Å². The summed E-state index contributed by atoms with van der Waals surface area (Å²) in [6.07, 6.45) is 3.65. The number of nitrogens with two attached hydrogens (primary N) is 1. The van der Waals surface area contributed by atoms with Gasteiger partial charge in [0.25, 0.3) is 0 Å². The van der Waals surface area contributed by atoms with Crippen LogP contribution in [-0.4, -0.2) is 46.9 Å². The van der Waals surface area contributed by atoms with Gasteiger partial charge in [-0.25, -0.2) is 13.8 Å². The maximum atomic E-state index is 13.6. The number of halogens is 2. The molecule has 2 heterocycles. The Morgan fingerprint density at radius 2 is 1.81 bits per heavy atom. The summed E-state index contributed by atoms with van der Waals surface area (Å²) >= 11 is 0. The fraction of sp³-hybridized carbons (Fsp3) is 0.409. The third kappa shape index (κ3) is 6.21. The molecule has 4 N–H and O–H groups in total. The number of nitrogens with zero attached hydrogens (tertiary/aromatic N) is 2. The third-order valence-electron chi connectivity index (χ3n) is 5.44. The van der Waals surface area contributed by atoms with Crippen LogP contribution in [0.25, 0.3) is 0 Å². The topological polar surface area (TPSA) is 100 Å². The molecule has 0 radical (unpaired) electrons. The molecule has 9 heteroatoms. The molecule has 1 aromatic heterocycles. The molecule has 1 aliphatic rings. The number of rotatable bonds is 8. The predicted octanol–water partition coefficient (Wildman–Crippen LogP) is 1.77. The van der Waals surface area contributed by atoms with Crippen molar-refractivity contribution in [3.63, 3.8) is 0 Å². The Morgan fingerprint density at radius 3 is 2.45 bits per heavy atom. The quantitative estimate of drug-likeness (QED) is 0.592. The molecular formula is C22H27F2N5O2. The van der Waals surface area contributed by atoms with Crippen LogP contribution >= 0.6 is 0 Å². The lowest BCUT2D eigenvalue weighted by molar-refractivity contribution is -0.131. The highest BCUT2D eigenvalue weighted by molar-refractivity contribution is 5.89. The molecule has 0 aliphatic carbocycles. The lowest BCUT2D eigenvalue weighted by atomic mass is 10.0. The van der Waals surface area contributed by atoms with Crippen LogP contribution in [0, 0.1) is 11.6 Å². The van der Waals surface area contributed by atoms with Gasteiger partial charge in [-0.05, 0) is 62.2 Å². The number of likely N-dealkylation sites (tertiary alicyclic amines) is 1. The SMILES string of the molecule is CC(C(=O)N[C@@H](Cc1ccc(F)c(F)c1)C(=O)NCc1ccc(N)nc1)N1CCCC1. The average molecular weight is 431 g/mol. The van der Waals surface area contributed by atoms with Gasteiger partial charge in [0.05, 0.1) is 6.04 Å². The first-order valence-electron chi connectivity index (χ1n) is 10.3. The largest absolute Gasteiger partial charge is 0.384 e. The van der Waals surface area contributed by atoms with E-state index in [0.29, 0.717) is 11.4 Å². The van der Waals surface area contributed by atoms with Gasteiger partial charge in [0.15, 0.2) is 11.6 Å². The third-order valence-corrected chi connectivity index (χ3v) is 5.44. The molecule has 31 heavy (non-hydrogen) atoms. The number of hydrogen-bond acceptors (Lipinski definition) is 5. The van der Waals surface area contributed by atoms with E-state index in [9.17, 15) is 18.4 Å². The van der Waals surface area contributed by atoms with Crippen molar-refractivity contribution in [1.82, 2.24) is 20.5 Å². The predicted molar refractivity (Wildman–Crippen MR) is 113 cm³/mol. The van der Waals surface area contributed by atoms with Gasteiger partial charge in [0.1, 0.15) is 11.9 Å². The van der Waals surface area contributed by atoms with Crippen molar-refractivity contribution in [1.29, 1.82) is 0 Å². The minimum absolute atomic E-state index is 0.0292. The first-order chi connectivity index (χ1) is 14.8. The molecule has 1 saturated heterocycles. The molecular weight excluding hydrogens is 404 g/mol. The lowest BCUT2D eigenvalue weighted by Crippen LogP contribution is -2.53. The Morgan fingerprint density at radius 1 is 1.10 bits per heavy atom. The molecule has 0 bridgehead atoms. The molecule has 1 aromatic carbocycles. The number of carbonyl (C=O) groups excluding carboxylic acids is 2. The molecule has 0 saturated carbocycles. The van der Waals surface area contributed by atoms with E-state index in [0.717, 1.165) is 43.6 Å². The number of aromatic nitrogens is 1. The second-order valence-electron chi connectivity index (χ2n) is 7.74. The molecule has 2 amide bonds. The number of benzene rings is 1. The zero-order chi connectivity index (χ0) is 22.4. The summed E-state index contributed by atoms with van der Waals surface area (Å²) in [5, 5.41) is 5.54. The van der Waals surface area contributed by atoms with Gasteiger partial charge in [-0.15, -0.1) is 0 Å². The van der Waals surface area contributed by atoms with E-state index in [1.807, 2.05) is 0 Å². The number of nitrogens with one attached hydrogen (secondary N) is 2. The molecule has 166 valence electrons. The summed E-state index contributed by atoms with van der Waals surface area (Å²) in [6.45, 7) is 3.66. The first kappa shape index (κ1) is 22.6. The van der Waals surface area contributed by atoms with Gasteiger partial charge >= 0.3 is 0 Å². The summed E-state index contributed by atoms with van der Waals surface area (Å²) in [5.41, 5.74) is 6.71. The molecule has 1 fully saturated rings. The number of anilines is 1. The highest BCUT2D eigenvalue weighted by Gasteiger charge is 2.28. The summed E-state index contributed by atoms with van der Waals surface area (Å²) in [5.74, 6) is -2.30. The van der Waals surface area contributed by atoms with Gasteiger partial charge < -0.3 is 16.4 Å². The van der Waals surface area contributed by atoms with E-state index in [1.165, 1.54) is 6.07 Å². The monoisotopic (exact) mass is 431 g/mol. The van der Waals surface area contributed by atoms with Crippen LogP contribution in [0.4, 0.5) is 14.6 Å². The van der Waals surface area contributed by atoms with Gasteiger partial charge in [0, 0.05) is 19.2 Å². The van der Waals surface area contributed by atoms with E-state index in [1.54, 1.807) is 25.3 Å². The minimum atomic E-state index is -0.999. The number of nitrogen functional groups attached to an aromatic ring is 1. The Bertz CT molecular complexity index is 917. The lowest BCUT2D eigenvalue weighted by Gasteiger charge is -2.26. The maximum absolute atomic E-state index is 13.6. The molecule has 0 spiro atoms. The van der Waals surface area contributed by atoms with E-state index < -0.39 is 23.6 Å². The molecule has 2 atom stereocenters. The van der Waals surface area contributed by atoms with Crippen LogP contribution < -0.4 is 16.4 Å². The summed E-state index contributed by atoms with van der Waals surface area (Å²) in [7, 11) is 0. The summed E-state index contributed by atoms with van der Waals surface area (Å²) < 4.78 is 26.9. The normalized spacial score (nSPS) is 16.0. The summed E-state index contributed by atoms with van der Waals surface area (Å²) in [6, 6.07) is 5.48. The number of amides is 2. The molecule has 1 aliphatic heterocycles. The van der Waals surface area contributed by atoms with E-state index in [-0.39, 0.29) is 24.9 Å². The van der Waals surface area contributed by atoms with Crippen molar-refractivity contribution in [3.05, 3.63) is 59.3 Å². The minimum Gasteiger partial charge on any atom is -0.384 e. The van der Waals surface area contributed by atoms with E-state index >= 15 is 0 Å². The standard InChI is InChI=1S/C22H27F2N5O2/c1-14(29-8-2-3-9-29)21(30)28-19(11-15-4-6-17(23)18(24)10-15)22(31)27-13-16-5-7-20(25)26-12-16/h4-7,10,12,14,19H,2-3,8-9,11,13H2,1H3,(H2,25,26)(H,27,31)(H,28,30)/t14?,19-/m0/s1. The van der Waals surface area contributed by atoms with Crippen molar-refractivity contribution in [2.75, 3.05) is 18.8 Å². The van der Waals surface area contributed by atoms with Crippen LogP contribution in [0.15, 0.2) is 36.5 Å². The zero-order valence-electron chi connectivity index (χ0n) is 17.4. The molecule has 1 unspecified atom stereocenters. The van der Waals surface area contributed by atoms with Crippen LogP contribution in [0.3, 0.4) is 0 Å². The van der Waals surface area contributed by atoms with Crippen LogP contribution in [0.5, 0.6) is 0 Å². The fourth-order valence-electron chi connectivity index (χ4n) is 3.55. The van der Waals surface area contributed by atoms with Crippen molar-refractivity contribution < 1.29 is 18.4 Å². The number of hydrogen-bond donors (Lipinski definition) is 3. The Hall–Kier alpha value is -3.07. The smallest absolute Gasteiger partial charge is 0.243 e. The Balaban J connectivity index is 1.70. The second-order valence-corrected chi connectivity index (χ2v) is 7.74. The average Bonchev–Trinajstić information content (AvgIpc) is 3.29. The maximum Gasteiger partial charge on any atom is 0.243 e. The van der Waals surface area contributed by atoms with Gasteiger partial charge in [0.2, 0.25) is 11.8 Å². The Kier molecular flexibility index (Phi) is 7.51. The Labute approximate surface area is 180 Å². The highest BCUT2D eigenvalue weighted by Crippen LogP contribution is 2.14. The molecule has 3 rings (SSSR count). The van der Waals surface area contributed by atoms with E-state index in [4.69, 9.17) is 5.73 Å². The first-order valence-corrected chi connectivity index (χ1v) is 10.3. The van der Waals surface area contributed by atoms with Gasteiger partial charge in [-0.3, -0.25) is 14.5 Å². The zero-order valence-corrected chi connectivity index (χ0v) is 17.4. The summed E-state index contributed by atoms with van der Waals surface area (Å²) in [4.78, 5) is 31.7. The van der Waals surface area contributed by atoms with Gasteiger partial charge in [-0.2, -0.15) is 0 Å². The van der Waals surface area contributed by atoms with Crippen molar-refractivity contribution in [3.8, 4) is 0 Å². The van der Waals surface area contributed by atoms with Gasteiger partial charge in [-0.1, -0.05) is 12.1 Å². The number of carbonyl (C=O) groups is 2. The highest BCUT2D eigenvalue weighted by atomic mass is 19.2. The van der Waals surface area contributed by atoms with Crippen molar-refractivity contribution in [2.24, 2.45) is 0 Å². The van der Waals surface area contributed by atoms with Crippen LogP contribution in [0.1, 0.15) is 30.9 Å². The number of pyridine rings is 1. The molecule has 7 nitrogen and oxygen atoms in total.